The predicted octanol–water partition coefficient (Wildman–Crippen LogP) is 3.93. The quantitative estimate of drug-likeness (QED) is 0.698. The smallest absolute Gasteiger partial charge is 0.223 e. The molecule has 5 nitrogen and oxygen atoms in total. The summed E-state index contributed by atoms with van der Waals surface area (Å²) in [5, 5.41) is 3.96. The van der Waals surface area contributed by atoms with E-state index in [9.17, 15) is 0 Å². The highest BCUT2D eigenvalue weighted by Gasteiger charge is 2.21. The second-order valence-corrected chi connectivity index (χ2v) is 6.79. The molecule has 1 saturated heterocycles. The maximum atomic E-state index is 5.44. The lowest BCUT2D eigenvalue weighted by Crippen LogP contribution is -2.22. The number of hydrogen-bond acceptors (Lipinski definition) is 5. The zero-order valence-electron chi connectivity index (χ0n) is 15.2. The summed E-state index contributed by atoms with van der Waals surface area (Å²) in [5.41, 5.74) is 4.69. The van der Waals surface area contributed by atoms with Crippen LogP contribution in [0, 0.1) is 6.92 Å². The van der Waals surface area contributed by atoms with Gasteiger partial charge in [0, 0.05) is 39.2 Å². The second kappa shape index (κ2) is 7.40. The van der Waals surface area contributed by atoms with Crippen LogP contribution in [0.2, 0.25) is 0 Å². The van der Waals surface area contributed by atoms with Crippen molar-refractivity contribution in [2.45, 2.75) is 26.0 Å². The van der Waals surface area contributed by atoms with Gasteiger partial charge in [-0.05, 0) is 23.1 Å². The van der Waals surface area contributed by atoms with Crippen molar-refractivity contribution in [3.8, 4) is 22.5 Å². The number of ether oxygens (including phenoxy) is 1. The molecule has 1 aliphatic rings. The topological polar surface area (TPSA) is 51.4 Å². The van der Waals surface area contributed by atoms with Crippen molar-refractivity contribution in [3.63, 3.8) is 0 Å². The first-order chi connectivity index (χ1) is 12.7. The molecule has 0 saturated carbocycles. The molecule has 5 heteroatoms. The molecule has 1 aliphatic heterocycles. The molecule has 0 aliphatic carbocycles. The summed E-state index contributed by atoms with van der Waals surface area (Å²) >= 11 is 0. The largest absolute Gasteiger partial charge is 0.380 e. The Balaban J connectivity index is 1.43. The van der Waals surface area contributed by atoms with Crippen molar-refractivity contribution in [1.82, 2.24) is 15.0 Å². The van der Waals surface area contributed by atoms with Gasteiger partial charge >= 0.3 is 0 Å². The van der Waals surface area contributed by atoms with Crippen LogP contribution in [-0.4, -0.2) is 41.3 Å². The van der Waals surface area contributed by atoms with Crippen LogP contribution in [0.1, 0.15) is 17.9 Å². The fourth-order valence-corrected chi connectivity index (χ4v) is 3.42. The van der Waals surface area contributed by atoms with E-state index in [1.54, 1.807) is 14.0 Å². The zero-order valence-corrected chi connectivity index (χ0v) is 15.2. The first-order valence-electron chi connectivity index (χ1n) is 8.96. The Labute approximate surface area is 153 Å². The summed E-state index contributed by atoms with van der Waals surface area (Å²) in [5.74, 6) is 1.21. The molecule has 0 bridgehead atoms. The molecule has 134 valence electrons. The lowest BCUT2D eigenvalue weighted by atomic mass is 10.0. The zero-order chi connectivity index (χ0) is 17.9. The maximum absolute atomic E-state index is 5.44. The van der Waals surface area contributed by atoms with Gasteiger partial charge in [0.25, 0.3) is 0 Å². The summed E-state index contributed by atoms with van der Waals surface area (Å²) in [6.07, 6.45) is 1.51. The Morgan fingerprint density at radius 2 is 1.69 bits per heavy atom. The summed E-state index contributed by atoms with van der Waals surface area (Å²) in [6.45, 7) is 4.91. The molecule has 1 fully saturated rings. The van der Waals surface area contributed by atoms with E-state index in [-0.39, 0.29) is 0 Å². The number of likely N-dealkylation sites (tertiary alicyclic amines) is 1. The average Bonchev–Trinajstić information content (AvgIpc) is 3.31. The first kappa shape index (κ1) is 16.9. The first-order valence-corrected chi connectivity index (χ1v) is 8.96. The van der Waals surface area contributed by atoms with Gasteiger partial charge < -0.3 is 9.26 Å². The van der Waals surface area contributed by atoms with E-state index >= 15 is 0 Å². The SMILES string of the molecule is COC1CCN(Cc2ccc(-c3ccc(-c4noc(C)n4)cc3)cc2)C1. The lowest BCUT2D eigenvalue weighted by molar-refractivity contribution is 0.107. The van der Waals surface area contributed by atoms with Gasteiger partial charge in [-0.25, -0.2) is 0 Å². The number of hydrogen-bond donors (Lipinski definition) is 0. The second-order valence-electron chi connectivity index (χ2n) is 6.79. The van der Waals surface area contributed by atoms with Crippen LogP contribution in [0.5, 0.6) is 0 Å². The molecule has 1 unspecified atom stereocenters. The fraction of sp³-hybridized carbons (Fsp3) is 0.333. The van der Waals surface area contributed by atoms with Crippen LogP contribution >= 0.6 is 0 Å². The Bertz CT molecular complexity index is 856. The van der Waals surface area contributed by atoms with E-state index < -0.39 is 0 Å². The van der Waals surface area contributed by atoms with Crippen molar-refractivity contribution < 1.29 is 9.26 Å². The molecule has 3 aromatic rings. The number of aromatic nitrogens is 2. The van der Waals surface area contributed by atoms with E-state index in [2.05, 4.69) is 51.4 Å². The van der Waals surface area contributed by atoms with Crippen molar-refractivity contribution in [2.75, 3.05) is 20.2 Å². The molecule has 0 amide bonds. The summed E-state index contributed by atoms with van der Waals surface area (Å²) in [7, 11) is 1.80. The van der Waals surface area contributed by atoms with Crippen molar-refractivity contribution in [1.29, 1.82) is 0 Å². The molecular weight excluding hydrogens is 326 g/mol. The molecule has 1 aromatic heterocycles. The number of rotatable bonds is 5. The third kappa shape index (κ3) is 3.69. The minimum absolute atomic E-state index is 0.385. The van der Waals surface area contributed by atoms with Crippen molar-refractivity contribution in [2.24, 2.45) is 0 Å². The van der Waals surface area contributed by atoms with Gasteiger partial charge in [-0.3, -0.25) is 4.90 Å². The van der Waals surface area contributed by atoms with E-state index in [1.165, 1.54) is 16.7 Å². The van der Waals surface area contributed by atoms with Crippen LogP contribution in [0.4, 0.5) is 0 Å². The van der Waals surface area contributed by atoms with Crippen LogP contribution < -0.4 is 0 Å². The molecule has 1 atom stereocenters. The summed E-state index contributed by atoms with van der Waals surface area (Å²) in [6, 6.07) is 17.1. The third-order valence-corrected chi connectivity index (χ3v) is 4.93. The minimum atomic E-state index is 0.385. The van der Waals surface area contributed by atoms with Gasteiger partial charge in [0.05, 0.1) is 6.10 Å². The molecule has 2 aromatic carbocycles. The third-order valence-electron chi connectivity index (χ3n) is 4.93. The molecular formula is C21H23N3O2. The van der Waals surface area contributed by atoms with Gasteiger partial charge in [0.15, 0.2) is 0 Å². The van der Waals surface area contributed by atoms with Gasteiger partial charge in [-0.15, -0.1) is 0 Å². The number of methoxy groups -OCH3 is 1. The highest BCUT2D eigenvalue weighted by molar-refractivity contribution is 5.67. The van der Waals surface area contributed by atoms with Gasteiger partial charge in [-0.1, -0.05) is 53.7 Å². The molecule has 4 rings (SSSR count). The van der Waals surface area contributed by atoms with E-state index in [4.69, 9.17) is 9.26 Å². The minimum Gasteiger partial charge on any atom is -0.380 e. The molecule has 0 N–H and O–H groups in total. The summed E-state index contributed by atoms with van der Waals surface area (Å²) in [4.78, 5) is 6.71. The fourth-order valence-electron chi connectivity index (χ4n) is 3.42. The number of aryl methyl sites for hydroxylation is 1. The predicted molar refractivity (Wildman–Crippen MR) is 101 cm³/mol. The Hall–Kier alpha value is -2.50. The summed E-state index contributed by atoms with van der Waals surface area (Å²) < 4.78 is 10.5. The molecule has 0 spiro atoms. The van der Waals surface area contributed by atoms with E-state index in [0.717, 1.165) is 31.6 Å². The number of benzene rings is 2. The molecule has 2 heterocycles. The van der Waals surface area contributed by atoms with Gasteiger partial charge in [0.1, 0.15) is 0 Å². The van der Waals surface area contributed by atoms with Crippen LogP contribution in [-0.2, 0) is 11.3 Å². The molecule has 0 radical (unpaired) electrons. The molecule has 26 heavy (non-hydrogen) atoms. The van der Waals surface area contributed by atoms with Crippen LogP contribution in [0.25, 0.3) is 22.5 Å². The number of nitrogens with zero attached hydrogens (tertiary/aromatic N) is 3. The lowest BCUT2D eigenvalue weighted by Gasteiger charge is -2.15. The normalized spacial score (nSPS) is 17.7. The van der Waals surface area contributed by atoms with E-state index in [0.29, 0.717) is 17.8 Å². The van der Waals surface area contributed by atoms with Crippen molar-refractivity contribution in [3.05, 3.63) is 60.0 Å². The van der Waals surface area contributed by atoms with Crippen molar-refractivity contribution >= 4 is 0 Å². The Morgan fingerprint density at radius 1 is 1.04 bits per heavy atom. The Morgan fingerprint density at radius 3 is 2.27 bits per heavy atom. The Kier molecular flexibility index (Phi) is 4.82. The highest BCUT2D eigenvalue weighted by atomic mass is 16.5. The average molecular weight is 349 g/mol. The van der Waals surface area contributed by atoms with Crippen LogP contribution in [0.15, 0.2) is 53.1 Å². The van der Waals surface area contributed by atoms with Gasteiger partial charge in [0.2, 0.25) is 11.7 Å². The maximum Gasteiger partial charge on any atom is 0.223 e. The monoisotopic (exact) mass is 349 g/mol. The van der Waals surface area contributed by atoms with E-state index in [1.807, 2.05) is 12.1 Å². The highest BCUT2D eigenvalue weighted by Crippen LogP contribution is 2.24. The van der Waals surface area contributed by atoms with Gasteiger partial charge in [-0.2, -0.15) is 4.98 Å². The van der Waals surface area contributed by atoms with Crippen LogP contribution in [0.3, 0.4) is 0 Å². The standard InChI is InChI=1S/C21H23N3O2/c1-15-22-21(23-26-15)19-9-7-18(8-10-19)17-5-3-16(4-6-17)13-24-12-11-20(14-24)25-2/h3-10,20H,11-14H2,1-2H3.